The van der Waals surface area contributed by atoms with E-state index in [1.54, 1.807) is 12.1 Å². The van der Waals surface area contributed by atoms with Crippen LogP contribution in [0.1, 0.15) is 55.8 Å². The molecule has 0 fully saturated rings. The number of carboxylic acids is 1. The maximum absolute atomic E-state index is 12.0. The molecule has 0 saturated heterocycles. The summed E-state index contributed by atoms with van der Waals surface area (Å²) in [6, 6.07) is 7.12. The molecule has 0 unspecified atom stereocenters. The molecule has 1 aromatic rings. The number of benzene rings is 1. The molecule has 0 aliphatic carbocycles. The van der Waals surface area contributed by atoms with Crippen LogP contribution in [0.25, 0.3) is 0 Å². The number of anilines is 1. The fourth-order valence-corrected chi connectivity index (χ4v) is 2.34. The van der Waals surface area contributed by atoms with Crippen LogP contribution in [0.4, 0.5) is 5.69 Å². The number of carboxylic acid groups (broad SMARTS) is 1. The van der Waals surface area contributed by atoms with Gasteiger partial charge in [0.05, 0.1) is 18.8 Å². The number of ether oxygens (including phenoxy) is 3. The monoisotopic (exact) mass is 409 g/mol. The van der Waals surface area contributed by atoms with Crippen LogP contribution in [-0.4, -0.2) is 56.0 Å². The number of esters is 2. The number of hydrogen-bond acceptors (Lipinski definition) is 7. The summed E-state index contributed by atoms with van der Waals surface area (Å²) in [4.78, 5) is 33.7. The fraction of sp³-hybridized carbons (Fsp3) is 0.571. The number of hydrogen-bond donors (Lipinski definition) is 2. The summed E-state index contributed by atoms with van der Waals surface area (Å²) in [5.41, 5.74) is 1.44. The Hall–Kier alpha value is -2.61. The lowest BCUT2D eigenvalue weighted by Crippen LogP contribution is -2.14. The van der Waals surface area contributed by atoms with Crippen molar-refractivity contribution in [1.82, 2.24) is 0 Å². The van der Waals surface area contributed by atoms with Gasteiger partial charge in [-0.25, -0.2) is 4.79 Å². The standard InChI is InChI=1S/C21H31NO7/c1-2-3-12-22-18-10-8-17(9-11-18)21(26)29-16-14-27-13-15-28-20(25)7-5-4-6-19(23)24/h8-11,22H,2-7,12-16H2,1H3,(H,23,24). The van der Waals surface area contributed by atoms with Crippen molar-refractivity contribution in [1.29, 1.82) is 0 Å². The Morgan fingerprint density at radius 1 is 0.897 bits per heavy atom. The number of aliphatic carboxylic acids is 1. The van der Waals surface area contributed by atoms with Crippen molar-refractivity contribution >= 4 is 23.6 Å². The van der Waals surface area contributed by atoms with Crippen molar-refractivity contribution in [2.24, 2.45) is 0 Å². The maximum atomic E-state index is 12.0. The van der Waals surface area contributed by atoms with E-state index in [9.17, 15) is 14.4 Å². The summed E-state index contributed by atoms with van der Waals surface area (Å²) >= 11 is 0. The van der Waals surface area contributed by atoms with Gasteiger partial charge < -0.3 is 24.6 Å². The van der Waals surface area contributed by atoms with E-state index in [0.717, 1.165) is 25.1 Å². The van der Waals surface area contributed by atoms with Gasteiger partial charge in [-0.05, 0) is 43.5 Å². The fourth-order valence-electron chi connectivity index (χ4n) is 2.34. The number of carbonyl (C=O) groups is 3. The zero-order valence-electron chi connectivity index (χ0n) is 17.0. The highest BCUT2D eigenvalue weighted by Crippen LogP contribution is 2.10. The van der Waals surface area contributed by atoms with Gasteiger partial charge in [0.25, 0.3) is 0 Å². The molecule has 0 aromatic heterocycles. The Morgan fingerprint density at radius 3 is 2.21 bits per heavy atom. The molecule has 162 valence electrons. The first kappa shape index (κ1) is 24.4. The lowest BCUT2D eigenvalue weighted by Gasteiger charge is -2.08. The number of carbonyl (C=O) groups excluding carboxylic acids is 2. The van der Waals surface area contributed by atoms with E-state index in [0.29, 0.717) is 18.4 Å². The smallest absolute Gasteiger partial charge is 0.338 e. The molecule has 0 saturated carbocycles. The zero-order chi connectivity index (χ0) is 21.3. The van der Waals surface area contributed by atoms with Crippen LogP contribution in [0, 0.1) is 0 Å². The van der Waals surface area contributed by atoms with Crippen molar-refractivity contribution in [3.8, 4) is 0 Å². The molecule has 0 spiro atoms. The Bertz CT molecular complexity index is 616. The highest BCUT2D eigenvalue weighted by atomic mass is 16.6. The van der Waals surface area contributed by atoms with Gasteiger partial charge in [0, 0.05) is 25.1 Å². The van der Waals surface area contributed by atoms with Gasteiger partial charge in [-0.1, -0.05) is 13.3 Å². The molecule has 0 aliphatic rings. The molecule has 0 bridgehead atoms. The predicted octanol–water partition coefficient (Wildman–Crippen LogP) is 3.26. The average Bonchev–Trinajstić information content (AvgIpc) is 2.71. The van der Waals surface area contributed by atoms with E-state index >= 15 is 0 Å². The summed E-state index contributed by atoms with van der Waals surface area (Å²) in [6.07, 6.45) is 3.39. The minimum atomic E-state index is -0.871. The Kier molecular flexibility index (Phi) is 12.9. The summed E-state index contributed by atoms with van der Waals surface area (Å²) in [6.45, 7) is 3.66. The minimum Gasteiger partial charge on any atom is -0.481 e. The first-order valence-electron chi connectivity index (χ1n) is 9.99. The second-order valence-corrected chi connectivity index (χ2v) is 6.43. The van der Waals surface area contributed by atoms with E-state index in [-0.39, 0.29) is 45.2 Å². The molecule has 8 heteroatoms. The molecule has 8 nitrogen and oxygen atoms in total. The van der Waals surface area contributed by atoms with Gasteiger partial charge in [-0.15, -0.1) is 0 Å². The topological polar surface area (TPSA) is 111 Å². The molecule has 0 atom stereocenters. The lowest BCUT2D eigenvalue weighted by atomic mass is 10.2. The molecular weight excluding hydrogens is 378 g/mol. The molecule has 29 heavy (non-hydrogen) atoms. The summed E-state index contributed by atoms with van der Waals surface area (Å²) in [7, 11) is 0. The predicted molar refractivity (Wildman–Crippen MR) is 108 cm³/mol. The SMILES string of the molecule is CCCCNc1ccc(C(=O)OCCOCCOC(=O)CCCCC(=O)O)cc1. The van der Waals surface area contributed by atoms with Crippen molar-refractivity contribution in [2.75, 3.05) is 38.3 Å². The second-order valence-electron chi connectivity index (χ2n) is 6.43. The van der Waals surface area contributed by atoms with Crippen LogP contribution in [0.3, 0.4) is 0 Å². The molecule has 1 aromatic carbocycles. The number of rotatable bonds is 16. The third kappa shape index (κ3) is 12.5. The van der Waals surface area contributed by atoms with E-state index in [2.05, 4.69) is 12.2 Å². The highest BCUT2D eigenvalue weighted by molar-refractivity contribution is 5.89. The molecule has 0 heterocycles. The first-order chi connectivity index (χ1) is 14.0. The normalized spacial score (nSPS) is 10.4. The van der Waals surface area contributed by atoms with Crippen LogP contribution in [-0.2, 0) is 23.8 Å². The second kappa shape index (κ2) is 15.3. The third-order valence-electron chi connectivity index (χ3n) is 3.95. The summed E-state index contributed by atoms with van der Waals surface area (Å²) in [5.74, 6) is -1.66. The van der Waals surface area contributed by atoms with Crippen LogP contribution >= 0.6 is 0 Å². The van der Waals surface area contributed by atoms with Crippen molar-refractivity contribution in [3.05, 3.63) is 29.8 Å². The Morgan fingerprint density at radius 2 is 1.55 bits per heavy atom. The first-order valence-corrected chi connectivity index (χ1v) is 9.99. The van der Waals surface area contributed by atoms with Crippen LogP contribution in [0.5, 0.6) is 0 Å². The lowest BCUT2D eigenvalue weighted by molar-refractivity contribution is -0.145. The van der Waals surface area contributed by atoms with E-state index in [1.165, 1.54) is 0 Å². The van der Waals surface area contributed by atoms with Gasteiger partial charge in [-0.2, -0.15) is 0 Å². The third-order valence-corrected chi connectivity index (χ3v) is 3.95. The summed E-state index contributed by atoms with van der Waals surface area (Å²) in [5, 5.41) is 11.8. The molecular formula is C21H31NO7. The van der Waals surface area contributed by atoms with Gasteiger partial charge in [0.1, 0.15) is 13.2 Å². The van der Waals surface area contributed by atoms with Gasteiger partial charge in [0.2, 0.25) is 0 Å². The average molecular weight is 409 g/mol. The van der Waals surface area contributed by atoms with E-state index in [1.807, 2.05) is 12.1 Å². The zero-order valence-corrected chi connectivity index (χ0v) is 17.0. The van der Waals surface area contributed by atoms with Crippen molar-refractivity contribution in [3.63, 3.8) is 0 Å². The van der Waals surface area contributed by atoms with Crippen molar-refractivity contribution in [2.45, 2.75) is 45.4 Å². The van der Waals surface area contributed by atoms with Crippen LogP contribution in [0.2, 0.25) is 0 Å². The molecule has 2 N–H and O–H groups in total. The van der Waals surface area contributed by atoms with Crippen LogP contribution in [0.15, 0.2) is 24.3 Å². The minimum absolute atomic E-state index is 0.0507. The highest BCUT2D eigenvalue weighted by Gasteiger charge is 2.07. The van der Waals surface area contributed by atoms with Gasteiger partial charge in [-0.3, -0.25) is 9.59 Å². The number of unbranched alkanes of at least 4 members (excludes halogenated alkanes) is 2. The van der Waals surface area contributed by atoms with E-state index < -0.39 is 11.9 Å². The molecule has 0 aliphatic heterocycles. The van der Waals surface area contributed by atoms with Gasteiger partial charge in [0.15, 0.2) is 0 Å². The molecule has 1 rings (SSSR count). The van der Waals surface area contributed by atoms with Gasteiger partial charge >= 0.3 is 17.9 Å². The largest absolute Gasteiger partial charge is 0.481 e. The van der Waals surface area contributed by atoms with Crippen molar-refractivity contribution < 1.29 is 33.7 Å². The Labute approximate surface area is 171 Å². The van der Waals surface area contributed by atoms with Crippen LogP contribution < -0.4 is 5.32 Å². The Balaban J connectivity index is 2.04. The maximum Gasteiger partial charge on any atom is 0.338 e. The molecule has 0 radical (unpaired) electrons. The van der Waals surface area contributed by atoms with E-state index in [4.69, 9.17) is 19.3 Å². The number of nitrogens with one attached hydrogen (secondary N) is 1. The summed E-state index contributed by atoms with van der Waals surface area (Å²) < 4.78 is 15.4. The molecule has 0 amide bonds. The quantitative estimate of drug-likeness (QED) is 0.316.